The summed E-state index contributed by atoms with van der Waals surface area (Å²) in [6.07, 6.45) is 0. The predicted octanol–water partition coefficient (Wildman–Crippen LogP) is 3.69. The molecule has 20 heavy (non-hydrogen) atoms. The van der Waals surface area contributed by atoms with Crippen LogP contribution >= 0.6 is 11.6 Å². The largest absolute Gasteiger partial charge is 0.496 e. The molecule has 106 valence electrons. The number of ether oxygens (including phenoxy) is 2. The maximum atomic E-state index is 5.92. The van der Waals surface area contributed by atoms with E-state index in [1.54, 1.807) is 7.11 Å². The first kappa shape index (κ1) is 14.7. The first-order valence-corrected chi connectivity index (χ1v) is 6.76. The van der Waals surface area contributed by atoms with Crippen molar-refractivity contribution >= 4 is 11.6 Å². The maximum absolute atomic E-state index is 5.92. The Balaban J connectivity index is 2.10. The number of hydrogen-bond acceptors (Lipinski definition) is 3. The summed E-state index contributed by atoms with van der Waals surface area (Å²) < 4.78 is 11.1. The summed E-state index contributed by atoms with van der Waals surface area (Å²) in [6.45, 7) is 2.90. The molecule has 2 aromatic carbocycles. The third-order valence-corrected chi connectivity index (χ3v) is 3.33. The summed E-state index contributed by atoms with van der Waals surface area (Å²) in [5.41, 5.74) is 8.76. The van der Waals surface area contributed by atoms with E-state index in [9.17, 15) is 0 Å². The molecule has 0 unspecified atom stereocenters. The zero-order valence-electron chi connectivity index (χ0n) is 11.7. The summed E-state index contributed by atoms with van der Waals surface area (Å²) in [5, 5.41) is 0.713. The summed E-state index contributed by atoms with van der Waals surface area (Å²) in [6, 6.07) is 11.5. The van der Waals surface area contributed by atoms with Gasteiger partial charge in [0.2, 0.25) is 0 Å². The SMILES string of the molecule is COc1ccc(COc2ccc(Cl)cc2C)cc1CN. The van der Waals surface area contributed by atoms with Gasteiger partial charge in [-0.2, -0.15) is 0 Å². The van der Waals surface area contributed by atoms with Crippen molar-refractivity contribution in [2.75, 3.05) is 7.11 Å². The molecule has 0 spiro atoms. The Hall–Kier alpha value is -1.71. The number of rotatable bonds is 5. The van der Waals surface area contributed by atoms with Gasteiger partial charge in [-0.1, -0.05) is 17.7 Å². The summed E-state index contributed by atoms with van der Waals surface area (Å²) >= 11 is 5.92. The highest BCUT2D eigenvalue weighted by Crippen LogP contribution is 2.24. The monoisotopic (exact) mass is 291 g/mol. The van der Waals surface area contributed by atoms with Crippen LogP contribution in [-0.4, -0.2) is 7.11 Å². The zero-order chi connectivity index (χ0) is 14.5. The molecule has 0 radical (unpaired) electrons. The molecule has 0 atom stereocenters. The molecular weight excluding hydrogens is 274 g/mol. The molecule has 2 rings (SSSR count). The Morgan fingerprint density at radius 2 is 1.85 bits per heavy atom. The normalized spacial score (nSPS) is 10.4. The minimum atomic E-state index is 0.441. The highest BCUT2D eigenvalue weighted by molar-refractivity contribution is 6.30. The van der Waals surface area contributed by atoms with Crippen molar-refractivity contribution in [3.05, 3.63) is 58.1 Å². The molecular formula is C16H18ClNO2. The van der Waals surface area contributed by atoms with Crippen LogP contribution in [0.25, 0.3) is 0 Å². The topological polar surface area (TPSA) is 44.5 Å². The number of aryl methyl sites for hydroxylation is 1. The highest BCUT2D eigenvalue weighted by Gasteiger charge is 2.05. The molecule has 0 heterocycles. The quantitative estimate of drug-likeness (QED) is 0.913. The van der Waals surface area contributed by atoms with E-state index in [1.165, 1.54) is 0 Å². The average molecular weight is 292 g/mol. The molecule has 0 aromatic heterocycles. The van der Waals surface area contributed by atoms with Gasteiger partial charge in [-0.25, -0.2) is 0 Å². The van der Waals surface area contributed by atoms with E-state index in [2.05, 4.69) is 0 Å². The molecule has 0 saturated heterocycles. The van der Waals surface area contributed by atoms with Crippen LogP contribution in [0.15, 0.2) is 36.4 Å². The molecule has 0 fully saturated rings. The van der Waals surface area contributed by atoms with Crippen molar-refractivity contribution in [2.45, 2.75) is 20.1 Å². The van der Waals surface area contributed by atoms with Gasteiger partial charge in [-0.3, -0.25) is 0 Å². The van der Waals surface area contributed by atoms with E-state index in [-0.39, 0.29) is 0 Å². The van der Waals surface area contributed by atoms with Crippen molar-refractivity contribution in [1.82, 2.24) is 0 Å². The zero-order valence-corrected chi connectivity index (χ0v) is 12.4. The van der Waals surface area contributed by atoms with Gasteiger partial charge in [0.05, 0.1) is 7.11 Å². The molecule has 0 aliphatic heterocycles. The molecule has 0 bridgehead atoms. The number of hydrogen-bond donors (Lipinski definition) is 1. The van der Waals surface area contributed by atoms with Crippen LogP contribution < -0.4 is 15.2 Å². The fraction of sp³-hybridized carbons (Fsp3) is 0.250. The van der Waals surface area contributed by atoms with Gasteiger partial charge in [0.15, 0.2) is 0 Å². The molecule has 0 aliphatic rings. The third kappa shape index (κ3) is 3.44. The third-order valence-electron chi connectivity index (χ3n) is 3.10. The Bertz CT molecular complexity index is 599. The van der Waals surface area contributed by atoms with Gasteiger partial charge in [0.1, 0.15) is 18.1 Å². The van der Waals surface area contributed by atoms with Gasteiger partial charge in [-0.15, -0.1) is 0 Å². The van der Waals surface area contributed by atoms with E-state index >= 15 is 0 Å². The van der Waals surface area contributed by atoms with E-state index in [1.807, 2.05) is 43.3 Å². The minimum Gasteiger partial charge on any atom is -0.496 e. The standard InChI is InChI=1S/C16H18ClNO2/c1-11-7-14(17)4-6-15(11)20-10-12-3-5-16(19-2)13(8-12)9-18/h3-8H,9-10,18H2,1-2H3. The Morgan fingerprint density at radius 3 is 2.50 bits per heavy atom. The van der Waals surface area contributed by atoms with Gasteiger partial charge < -0.3 is 15.2 Å². The van der Waals surface area contributed by atoms with Crippen molar-refractivity contribution in [2.24, 2.45) is 5.73 Å². The first-order valence-electron chi connectivity index (χ1n) is 6.39. The second-order valence-electron chi connectivity index (χ2n) is 4.55. The number of nitrogens with two attached hydrogens (primary N) is 1. The summed E-state index contributed by atoms with van der Waals surface area (Å²) in [7, 11) is 1.64. The second-order valence-corrected chi connectivity index (χ2v) is 4.99. The van der Waals surface area contributed by atoms with Gasteiger partial charge >= 0.3 is 0 Å². The van der Waals surface area contributed by atoms with E-state index in [0.29, 0.717) is 18.2 Å². The molecule has 4 heteroatoms. The summed E-state index contributed by atoms with van der Waals surface area (Å²) in [5.74, 6) is 1.64. The van der Waals surface area contributed by atoms with Gasteiger partial charge in [-0.05, 0) is 48.4 Å². The minimum absolute atomic E-state index is 0.441. The van der Waals surface area contributed by atoms with Crippen LogP contribution in [0.4, 0.5) is 0 Å². The fourth-order valence-electron chi connectivity index (χ4n) is 2.02. The lowest BCUT2D eigenvalue weighted by Gasteiger charge is -2.12. The van der Waals surface area contributed by atoms with Crippen LogP contribution in [0.1, 0.15) is 16.7 Å². The Kier molecular flexibility index (Phi) is 4.88. The number of methoxy groups -OCH3 is 1. The van der Waals surface area contributed by atoms with Crippen molar-refractivity contribution in [1.29, 1.82) is 0 Å². The molecule has 0 saturated carbocycles. The van der Waals surface area contributed by atoms with Crippen molar-refractivity contribution < 1.29 is 9.47 Å². The number of halogens is 1. The highest BCUT2D eigenvalue weighted by atomic mass is 35.5. The number of benzene rings is 2. The average Bonchev–Trinajstić information content (AvgIpc) is 2.46. The maximum Gasteiger partial charge on any atom is 0.123 e. The Morgan fingerprint density at radius 1 is 1.10 bits per heavy atom. The molecule has 3 nitrogen and oxygen atoms in total. The van der Waals surface area contributed by atoms with Crippen LogP contribution in [0.5, 0.6) is 11.5 Å². The van der Waals surface area contributed by atoms with Crippen LogP contribution in [0, 0.1) is 6.92 Å². The summed E-state index contributed by atoms with van der Waals surface area (Å²) in [4.78, 5) is 0. The first-order chi connectivity index (χ1) is 9.63. The fourth-order valence-corrected chi connectivity index (χ4v) is 2.24. The molecule has 0 aliphatic carbocycles. The lowest BCUT2D eigenvalue weighted by atomic mass is 10.1. The van der Waals surface area contributed by atoms with Gasteiger partial charge in [0.25, 0.3) is 0 Å². The Labute approximate surface area is 124 Å². The lowest BCUT2D eigenvalue weighted by Crippen LogP contribution is -2.03. The molecule has 2 aromatic rings. The van der Waals surface area contributed by atoms with Crippen LogP contribution in [0.2, 0.25) is 5.02 Å². The van der Waals surface area contributed by atoms with Crippen molar-refractivity contribution in [3.63, 3.8) is 0 Å². The van der Waals surface area contributed by atoms with Gasteiger partial charge in [0, 0.05) is 17.1 Å². The van der Waals surface area contributed by atoms with Crippen LogP contribution in [0.3, 0.4) is 0 Å². The van der Waals surface area contributed by atoms with Crippen LogP contribution in [-0.2, 0) is 13.2 Å². The second kappa shape index (κ2) is 6.64. The van der Waals surface area contributed by atoms with Crippen molar-refractivity contribution in [3.8, 4) is 11.5 Å². The van der Waals surface area contributed by atoms with E-state index in [0.717, 1.165) is 28.2 Å². The molecule has 0 amide bonds. The van der Waals surface area contributed by atoms with E-state index < -0.39 is 0 Å². The predicted molar refractivity (Wildman–Crippen MR) is 81.4 cm³/mol. The smallest absolute Gasteiger partial charge is 0.123 e. The van der Waals surface area contributed by atoms with E-state index in [4.69, 9.17) is 26.8 Å². The molecule has 2 N–H and O–H groups in total. The lowest BCUT2D eigenvalue weighted by molar-refractivity contribution is 0.303.